The lowest BCUT2D eigenvalue weighted by molar-refractivity contribution is 0.0942. The van der Waals surface area contributed by atoms with Gasteiger partial charge in [0.25, 0.3) is 5.91 Å². The molecular formula is C19H32N4O3S. The molecule has 0 spiro atoms. The van der Waals surface area contributed by atoms with Crippen molar-refractivity contribution < 1.29 is 13.2 Å². The van der Waals surface area contributed by atoms with E-state index in [0.717, 1.165) is 18.7 Å². The minimum atomic E-state index is -3.22. The number of carbonyl (C=O) groups excluding carboxylic acids is 1. The molecule has 0 unspecified atom stereocenters. The molecule has 3 heterocycles. The standard InChI is InChI=1S/C19H32N4O3S/c1-27(25,26)22-14-7-15-23-17(16-22)8-9-18(23)19(24)20-10-6-13-21-11-4-2-3-5-12-21/h8-9H,2-7,10-16H2,1H3,(H,20,24). The summed E-state index contributed by atoms with van der Waals surface area (Å²) in [5.41, 5.74) is 1.52. The molecule has 3 rings (SSSR count). The van der Waals surface area contributed by atoms with Gasteiger partial charge >= 0.3 is 0 Å². The van der Waals surface area contributed by atoms with Crippen molar-refractivity contribution >= 4 is 15.9 Å². The van der Waals surface area contributed by atoms with Gasteiger partial charge in [0, 0.05) is 25.3 Å². The molecule has 2 aliphatic heterocycles. The number of fused-ring (bicyclic) bond motifs is 1. The molecule has 0 aliphatic carbocycles. The summed E-state index contributed by atoms with van der Waals surface area (Å²) in [4.78, 5) is 15.1. The van der Waals surface area contributed by atoms with Crippen LogP contribution < -0.4 is 5.32 Å². The zero-order valence-electron chi connectivity index (χ0n) is 16.3. The quantitative estimate of drug-likeness (QED) is 0.742. The molecule has 8 heteroatoms. The van der Waals surface area contributed by atoms with Crippen molar-refractivity contribution in [2.75, 3.05) is 39.0 Å². The molecule has 1 saturated heterocycles. The Kier molecular flexibility index (Phi) is 6.94. The van der Waals surface area contributed by atoms with E-state index in [2.05, 4.69) is 10.2 Å². The fraction of sp³-hybridized carbons (Fsp3) is 0.737. The first kappa shape index (κ1) is 20.4. The molecule has 1 N–H and O–H groups in total. The lowest BCUT2D eigenvalue weighted by atomic mass is 10.2. The average Bonchev–Trinajstić information content (AvgIpc) is 2.81. The summed E-state index contributed by atoms with van der Waals surface area (Å²) in [6.45, 7) is 5.57. The number of hydrogen-bond acceptors (Lipinski definition) is 4. The average molecular weight is 397 g/mol. The van der Waals surface area contributed by atoms with Gasteiger partial charge in [-0.05, 0) is 57.5 Å². The minimum absolute atomic E-state index is 0.0649. The Morgan fingerprint density at radius 2 is 1.78 bits per heavy atom. The third kappa shape index (κ3) is 5.56. The van der Waals surface area contributed by atoms with E-state index in [9.17, 15) is 13.2 Å². The van der Waals surface area contributed by atoms with E-state index in [4.69, 9.17) is 0 Å². The fourth-order valence-electron chi connectivity index (χ4n) is 4.01. The smallest absolute Gasteiger partial charge is 0.267 e. The summed E-state index contributed by atoms with van der Waals surface area (Å²) in [5.74, 6) is -0.0649. The molecule has 27 heavy (non-hydrogen) atoms. The predicted octanol–water partition coefficient (Wildman–Crippen LogP) is 1.65. The second-order valence-electron chi connectivity index (χ2n) is 7.68. The fourth-order valence-corrected chi connectivity index (χ4v) is 4.84. The largest absolute Gasteiger partial charge is 0.351 e. The molecule has 1 aromatic rings. The number of nitrogens with one attached hydrogen (secondary N) is 1. The molecule has 0 bridgehead atoms. The SMILES string of the molecule is CS(=O)(=O)N1CCCn2c(ccc2C(=O)NCCCN2CCCCCC2)C1. The van der Waals surface area contributed by atoms with Gasteiger partial charge in [-0.1, -0.05) is 12.8 Å². The van der Waals surface area contributed by atoms with Gasteiger partial charge in [0.2, 0.25) is 10.0 Å². The lowest BCUT2D eigenvalue weighted by Crippen LogP contribution is -2.31. The van der Waals surface area contributed by atoms with E-state index in [1.54, 1.807) is 0 Å². The summed E-state index contributed by atoms with van der Waals surface area (Å²) >= 11 is 0. The number of carbonyl (C=O) groups is 1. The molecule has 0 aromatic carbocycles. The van der Waals surface area contributed by atoms with Crippen LogP contribution in [0, 0.1) is 0 Å². The normalized spacial score (nSPS) is 19.9. The first-order valence-corrected chi connectivity index (χ1v) is 11.9. The molecule has 152 valence electrons. The Labute approximate surface area is 162 Å². The van der Waals surface area contributed by atoms with Gasteiger partial charge in [0.05, 0.1) is 12.8 Å². The molecule has 0 atom stereocenters. The van der Waals surface area contributed by atoms with Gasteiger partial charge in [0.15, 0.2) is 0 Å². The van der Waals surface area contributed by atoms with Crippen molar-refractivity contribution in [1.29, 1.82) is 0 Å². The highest BCUT2D eigenvalue weighted by Crippen LogP contribution is 2.19. The number of hydrogen-bond donors (Lipinski definition) is 1. The first-order chi connectivity index (χ1) is 12.9. The third-order valence-electron chi connectivity index (χ3n) is 5.54. The van der Waals surface area contributed by atoms with Crippen LogP contribution in [-0.4, -0.2) is 67.1 Å². The second-order valence-corrected chi connectivity index (χ2v) is 9.66. The molecule has 1 aromatic heterocycles. The Morgan fingerprint density at radius 1 is 1.04 bits per heavy atom. The van der Waals surface area contributed by atoms with E-state index in [-0.39, 0.29) is 5.91 Å². The minimum Gasteiger partial charge on any atom is -0.351 e. The van der Waals surface area contributed by atoms with Crippen LogP contribution in [0.15, 0.2) is 12.1 Å². The number of nitrogens with zero attached hydrogens (tertiary/aromatic N) is 3. The van der Waals surface area contributed by atoms with Crippen molar-refractivity contribution in [3.8, 4) is 0 Å². The Morgan fingerprint density at radius 3 is 2.48 bits per heavy atom. The van der Waals surface area contributed by atoms with Gasteiger partial charge in [0.1, 0.15) is 5.69 Å². The highest BCUT2D eigenvalue weighted by atomic mass is 32.2. The molecular weight excluding hydrogens is 364 g/mol. The van der Waals surface area contributed by atoms with Gasteiger partial charge in [-0.15, -0.1) is 0 Å². The van der Waals surface area contributed by atoms with Crippen LogP contribution in [0.5, 0.6) is 0 Å². The number of rotatable bonds is 6. The van der Waals surface area contributed by atoms with Gasteiger partial charge in [-0.3, -0.25) is 4.79 Å². The Bertz CT molecular complexity index is 736. The van der Waals surface area contributed by atoms with Crippen LogP contribution in [-0.2, 0) is 23.1 Å². The third-order valence-corrected chi connectivity index (χ3v) is 6.79. The van der Waals surface area contributed by atoms with Crippen LogP contribution in [0.1, 0.15) is 54.7 Å². The van der Waals surface area contributed by atoms with Crippen LogP contribution in [0.2, 0.25) is 0 Å². The molecule has 2 aliphatic rings. The summed E-state index contributed by atoms with van der Waals surface area (Å²) in [7, 11) is -3.22. The molecule has 0 radical (unpaired) electrons. The van der Waals surface area contributed by atoms with Gasteiger partial charge in [-0.2, -0.15) is 4.31 Å². The maximum Gasteiger partial charge on any atom is 0.267 e. The van der Waals surface area contributed by atoms with E-state index in [0.29, 0.717) is 38.3 Å². The molecule has 1 amide bonds. The monoisotopic (exact) mass is 396 g/mol. The van der Waals surface area contributed by atoms with Crippen LogP contribution >= 0.6 is 0 Å². The van der Waals surface area contributed by atoms with Crippen molar-refractivity contribution in [2.45, 2.75) is 51.6 Å². The van der Waals surface area contributed by atoms with E-state index in [1.165, 1.54) is 49.3 Å². The van der Waals surface area contributed by atoms with Gasteiger partial charge < -0.3 is 14.8 Å². The second kappa shape index (κ2) is 9.21. The highest BCUT2D eigenvalue weighted by Gasteiger charge is 2.24. The maximum absolute atomic E-state index is 12.6. The summed E-state index contributed by atoms with van der Waals surface area (Å²) in [5, 5.41) is 3.03. The zero-order valence-corrected chi connectivity index (χ0v) is 17.1. The molecule has 0 saturated carbocycles. The van der Waals surface area contributed by atoms with Crippen molar-refractivity contribution in [3.63, 3.8) is 0 Å². The number of sulfonamides is 1. The number of amides is 1. The van der Waals surface area contributed by atoms with Crippen LogP contribution in [0.25, 0.3) is 0 Å². The molecule has 1 fully saturated rings. The van der Waals surface area contributed by atoms with Crippen molar-refractivity contribution in [2.24, 2.45) is 0 Å². The topological polar surface area (TPSA) is 74.6 Å². The predicted molar refractivity (Wildman–Crippen MR) is 106 cm³/mol. The molecule has 7 nitrogen and oxygen atoms in total. The van der Waals surface area contributed by atoms with Crippen molar-refractivity contribution in [3.05, 3.63) is 23.5 Å². The number of aromatic nitrogens is 1. The van der Waals surface area contributed by atoms with E-state index < -0.39 is 10.0 Å². The lowest BCUT2D eigenvalue weighted by Gasteiger charge is -2.19. The maximum atomic E-state index is 12.6. The van der Waals surface area contributed by atoms with E-state index >= 15 is 0 Å². The van der Waals surface area contributed by atoms with Crippen LogP contribution in [0.4, 0.5) is 0 Å². The Hall–Kier alpha value is -1.38. The van der Waals surface area contributed by atoms with Gasteiger partial charge in [-0.25, -0.2) is 8.42 Å². The summed E-state index contributed by atoms with van der Waals surface area (Å²) < 4.78 is 27.1. The highest BCUT2D eigenvalue weighted by molar-refractivity contribution is 7.88. The number of likely N-dealkylation sites (tertiary alicyclic amines) is 1. The van der Waals surface area contributed by atoms with Crippen LogP contribution in [0.3, 0.4) is 0 Å². The first-order valence-electron chi connectivity index (χ1n) is 10.1. The Balaban J connectivity index is 1.51. The zero-order chi connectivity index (χ0) is 19.3. The van der Waals surface area contributed by atoms with E-state index in [1.807, 2.05) is 16.7 Å². The summed E-state index contributed by atoms with van der Waals surface area (Å²) in [6.07, 6.45) is 8.15. The van der Waals surface area contributed by atoms with Crippen molar-refractivity contribution in [1.82, 2.24) is 19.1 Å². The summed E-state index contributed by atoms with van der Waals surface area (Å²) in [6, 6.07) is 3.68.